The Bertz CT molecular complexity index is 899. The van der Waals surface area contributed by atoms with Crippen molar-refractivity contribution in [1.29, 1.82) is 0 Å². The Hall–Kier alpha value is -2.47. The zero-order valence-electron chi connectivity index (χ0n) is 14.3. The average Bonchev–Trinajstić information content (AvgIpc) is 3.03. The van der Waals surface area contributed by atoms with E-state index in [0.29, 0.717) is 5.92 Å². The standard InChI is InChI=1S/C19H20N4OS/c1-12(22-18-17-7-8-25-19(17)21-11-20-18)14-3-5-15(6-4-14)16-9-23(10-16)13(2)24/h3-8,11-12,16H,9-10H2,1-2H3,(H,20,21,22)/t12-/m0/s1. The third kappa shape index (κ3) is 3.09. The number of benzene rings is 1. The molecule has 3 heterocycles. The molecule has 1 saturated heterocycles. The summed E-state index contributed by atoms with van der Waals surface area (Å²) in [5.41, 5.74) is 2.52. The van der Waals surface area contributed by atoms with Gasteiger partial charge < -0.3 is 10.2 Å². The molecular weight excluding hydrogens is 332 g/mol. The molecule has 0 radical (unpaired) electrons. The number of anilines is 1. The first-order chi connectivity index (χ1) is 12.1. The van der Waals surface area contributed by atoms with Crippen molar-refractivity contribution in [3.05, 3.63) is 53.2 Å². The second-order valence-corrected chi connectivity index (χ2v) is 7.41. The van der Waals surface area contributed by atoms with Crippen LogP contribution >= 0.6 is 11.3 Å². The molecule has 0 bridgehead atoms. The van der Waals surface area contributed by atoms with Crippen LogP contribution < -0.4 is 5.32 Å². The fourth-order valence-electron chi connectivity index (χ4n) is 3.20. The molecule has 5 nitrogen and oxygen atoms in total. The fourth-order valence-corrected chi connectivity index (χ4v) is 3.93. The predicted octanol–water partition coefficient (Wildman–Crippen LogP) is 3.81. The van der Waals surface area contributed by atoms with E-state index in [1.165, 1.54) is 11.1 Å². The fraction of sp³-hybridized carbons (Fsp3) is 0.316. The molecule has 1 aliphatic rings. The smallest absolute Gasteiger partial charge is 0.219 e. The molecule has 1 aromatic carbocycles. The highest BCUT2D eigenvalue weighted by Gasteiger charge is 2.29. The van der Waals surface area contributed by atoms with Crippen molar-refractivity contribution < 1.29 is 4.79 Å². The second-order valence-electron chi connectivity index (χ2n) is 6.52. The number of hydrogen-bond acceptors (Lipinski definition) is 5. The third-order valence-electron chi connectivity index (χ3n) is 4.85. The van der Waals surface area contributed by atoms with Crippen LogP contribution in [0.3, 0.4) is 0 Å². The Balaban J connectivity index is 1.45. The minimum Gasteiger partial charge on any atom is -0.363 e. The molecule has 0 aliphatic carbocycles. The van der Waals surface area contributed by atoms with E-state index in [0.717, 1.165) is 29.1 Å². The van der Waals surface area contributed by atoms with Crippen LogP contribution in [-0.4, -0.2) is 33.9 Å². The van der Waals surface area contributed by atoms with E-state index in [2.05, 4.69) is 52.5 Å². The lowest BCUT2D eigenvalue weighted by Crippen LogP contribution is -2.47. The first-order valence-corrected chi connectivity index (χ1v) is 9.30. The molecule has 0 spiro atoms. The maximum absolute atomic E-state index is 11.3. The van der Waals surface area contributed by atoms with Gasteiger partial charge in [0.15, 0.2) is 0 Å². The number of amides is 1. The summed E-state index contributed by atoms with van der Waals surface area (Å²) in [6.07, 6.45) is 1.61. The van der Waals surface area contributed by atoms with Crippen LogP contribution in [0.1, 0.15) is 36.9 Å². The van der Waals surface area contributed by atoms with Crippen molar-refractivity contribution in [2.24, 2.45) is 0 Å². The molecule has 25 heavy (non-hydrogen) atoms. The van der Waals surface area contributed by atoms with Gasteiger partial charge in [0.05, 0.1) is 5.39 Å². The summed E-state index contributed by atoms with van der Waals surface area (Å²) < 4.78 is 0. The third-order valence-corrected chi connectivity index (χ3v) is 5.67. The van der Waals surface area contributed by atoms with Gasteiger partial charge in [0.2, 0.25) is 5.91 Å². The van der Waals surface area contributed by atoms with Crippen molar-refractivity contribution >= 4 is 33.3 Å². The topological polar surface area (TPSA) is 58.1 Å². The lowest BCUT2D eigenvalue weighted by atomic mass is 9.90. The van der Waals surface area contributed by atoms with Crippen molar-refractivity contribution in [2.45, 2.75) is 25.8 Å². The minimum absolute atomic E-state index is 0.155. The van der Waals surface area contributed by atoms with Gasteiger partial charge >= 0.3 is 0 Å². The first-order valence-electron chi connectivity index (χ1n) is 8.42. The molecule has 1 N–H and O–H groups in total. The number of likely N-dealkylation sites (tertiary alicyclic amines) is 1. The van der Waals surface area contributed by atoms with E-state index in [-0.39, 0.29) is 11.9 Å². The van der Waals surface area contributed by atoms with Crippen LogP contribution in [0.25, 0.3) is 10.2 Å². The number of nitrogens with zero attached hydrogens (tertiary/aromatic N) is 3. The van der Waals surface area contributed by atoms with Crippen LogP contribution in [0, 0.1) is 0 Å². The number of aromatic nitrogens is 2. The van der Waals surface area contributed by atoms with Gasteiger partial charge in [-0.05, 0) is 29.5 Å². The van der Waals surface area contributed by atoms with E-state index in [4.69, 9.17) is 0 Å². The zero-order chi connectivity index (χ0) is 17.4. The summed E-state index contributed by atoms with van der Waals surface area (Å²) in [4.78, 5) is 22.9. The lowest BCUT2D eigenvalue weighted by Gasteiger charge is -2.39. The van der Waals surface area contributed by atoms with Crippen LogP contribution in [0.15, 0.2) is 42.0 Å². The molecule has 128 valence electrons. The number of carbonyl (C=O) groups excluding carboxylic acids is 1. The van der Waals surface area contributed by atoms with E-state index in [9.17, 15) is 4.79 Å². The van der Waals surface area contributed by atoms with Gasteiger partial charge in [-0.3, -0.25) is 4.79 Å². The van der Waals surface area contributed by atoms with Crippen LogP contribution in [0.4, 0.5) is 5.82 Å². The van der Waals surface area contributed by atoms with Crippen molar-refractivity contribution in [1.82, 2.24) is 14.9 Å². The molecule has 6 heteroatoms. The maximum atomic E-state index is 11.3. The Morgan fingerprint density at radius 1 is 1.24 bits per heavy atom. The molecule has 0 saturated carbocycles. The van der Waals surface area contributed by atoms with E-state index >= 15 is 0 Å². The highest BCUT2D eigenvalue weighted by molar-refractivity contribution is 7.16. The quantitative estimate of drug-likeness (QED) is 0.776. The van der Waals surface area contributed by atoms with Gasteiger partial charge in [-0.25, -0.2) is 9.97 Å². The Morgan fingerprint density at radius 2 is 2.00 bits per heavy atom. The Labute approximate surface area is 150 Å². The number of carbonyl (C=O) groups is 1. The molecule has 1 atom stereocenters. The van der Waals surface area contributed by atoms with Gasteiger partial charge in [0.25, 0.3) is 0 Å². The summed E-state index contributed by atoms with van der Waals surface area (Å²) in [5.74, 6) is 1.50. The highest BCUT2D eigenvalue weighted by atomic mass is 32.1. The number of nitrogens with one attached hydrogen (secondary N) is 1. The number of fused-ring (bicyclic) bond motifs is 1. The zero-order valence-corrected chi connectivity index (χ0v) is 15.1. The molecular formula is C19H20N4OS. The number of rotatable bonds is 4. The summed E-state index contributed by atoms with van der Waals surface area (Å²) in [7, 11) is 0. The molecule has 3 aromatic rings. The van der Waals surface area contributed by atoms with Gasteiger partial charge in [-0.1, -0.05) is 24.3 Å². The largest absolute Gasteiger partial charge is 0.363 e. The van der Waals surface area contributed by atoms with E-state index < -0.39 is 0 Å². The predicted molar refractivity (Wildman–Crippen MR) is 101 cm³/mol. The van der Waals surface area contributed by atoms with Gasteiger partial charge in [0, 0.05) is 32.0 Å². The first kappa shape index (κ1) is 16.0. The van der Waals surface area contributed by atoms with Gasteiger partial charge in [-0.2, -0.15) is 0 Å². The van der Waals surface area contributed by atoms with Crippen molar-refractivity contribution in [3.8, 4) is 0 Å². The minimum atomic E-state index is 0.155. The highest BCUT2D eigenvalue weighted by Crippen LogP contribution is 2.30. The van der Waals surface area contributed by atoms with Crippen LogP contribution in [-0.2, 0) is 4.79 Å². The summed E-state index contributed by atoms with van der Waals surface area (Å²) in [6, 6.07) is 10.9. The van der Waals surface area contributed by atoms with E-state index in [1.54, 1.807) is 24.6 Å². The van der Waals surface area contributed by atoms with E-state index in [1.807, 2.05) is 10.3 Å². The van der Waals surface area contributed by atoms with Crippen molar-refractivity contribution in [2.75, 3.05) is 18.4 Å². The van der Waals surface area contributed by atoms with Crippen LogP contribution in [0.2, 0.25) is 0 Å². The number of thiophene rings is 1. The molecule has 1 aliphatic heterocycles. The summed E-state index contributed by atoms with van der Waals surface area (Å²) in [6.45, 7) is 5.43. The molecule has 1 amide bonds. The molecule has 2 aromatic heterocycles. The lowest BCUT2D eigenvalue weighted by molar-refractivity contribution is -0.133. The summed E-state index contributed by atoms with van der Waals surface area (Å²) in [5, 5.41) is 6.59. The van der Waals surface area contributed by atoms with Crippen LogP contribution in [0.5, 0.6) is 0 Å². The SMILES string of the molecule is CC(=O)N1CC(c2ccc([C@H](C)Nc3ncnc4sccc34)cc2)C1. The Kier molecular flexibility index (Phi) is 4.13. The normalized spacial score (nSPS) is 15.8. The molecule has 0 unspecified atom stereocenters. The molecule has 4 rings (SSSR count). The van der Waals surface area contributed by atoms with Gasteiger partial charge in [0.1, 0.15) is 17.0 Å². The van der Waals surface area contributed by atoms with Crippen molar-refractivity contribution in [3.63, 3.8) is 0 Å². The Morgan fingerprint density at radius 3 is 2.72 bits per heavy atom. The average molecular weight is 352 g/mol. The molecule has 1 fully saturated rings. The summed E-state index contributed by atoms with van der Waals surface area (Å²) >= 11 is 1.62. The van der Waals surface area contributed by atoms with Gasteiger partial charge in [-0.15, -0.1) is 11.3 Å². The monoisotopic (exact) mass is 352 g/mol. The number of hydrogen-bond donors (Lipinski definition) is 1. The maximum Gasteiger partial charge on any atom is 0.219 e. The second kappa shape index (κ2) is 6.44.